The molecule has 2 aromatic rings. The molecule has 1 saturated heterocycles. The van der Waals surface area contributed by atoms with Gasteiger partial charge in [0.05, 0.1) is 11.6 Å². The molecule has 1 unspecified atom stereocenters. The van der Waals surface area contributed by atoms with Crippen LogP contribution in [0.3, 0.4) is 0 Å². The van der Waals surface area contributed by atoms with Crippen molar-refractivity contribution in [3.8, 4) is 0 Å². The molecular formula is C20H21FN2O2S. The lowest BCUT2D eigenvalue weighted by Crippen LogP contribution is -2.33. The Balaban J connectivity index is 1.43. The first-order valence-electron chi connectivity index (χ1n) is 8.65. The van der Waals surface area contributed by atoms with E-state index in [-0.39, 0.29) is 30.5 Å². The maximum Gasteiger partial charge on any atom is 0.227 e. The van der Waals surface area contributed by atoms with Gasteiger partial charge in [-0.2, -0.15) is 0 Å². The van der Waals surface area contributed by atoms with Gasteiger partial charge < -0.3 is 10.2 Å². The number of halogens is 1. The molecule has 4 nitrogen and oxygen atoms in total. The van der Waals surface area contributed by atoms with Crippen LogP contribution >= 0.6 is 11.8 Å². The number of benzene rings is 2. The standard InChI is InChI=1S/C20H21FN2O2S/c21-17-9-4-5-10-18(17)23-14-15(13-19(23)24)20(25)22-11-6-12-26-16-7-2-1-3-8-16/h1-5,7-10,15H,6,11-14H2,(H,22,25). The van der Waals surface area contributed by atoms with Gasteiger partial charge in [0.2, 0.25) is 11.8 Å². The second-order valence-electron chi connectivity index (χ2n) is 6.16. The Bertz CT molecular complexity index is 769. The van der Waals surface area contributed by atoms with Crippen LogP contribution < -0.4 is 10.2 Å². The molecule has 0 spiro atoms. The second-order valence-corrected chi connectivity index (χ2v) is 7.33. The molecule has 6 heteroatoms. The van der Waals surface area contributed by atoms with Gasteiger partial charge in [0.15, 0.2) is 0 Å². The lowest BCUT2D eigenvalue weighted by molar-refractivity contribution is -0.126. The molecule has 2 aromatic carbocycles. The van der Waals surface area contributed by atoms with E-state index in [1.807, 2.05) is 18.2 Å². The smallest absolute Gasteiger partial charge is 0.227 e. The third-order valence-corrected chi connectivity index (χ3v) is 5.37. The van der Waals surface area contributed by atoms with E-state index >= 15 is 0 Å². The van der Waals surface area contributed by atoms with Crippen molar-refractivity contribution in [1.29, 1.82) is 0 Å². The SMILES string of the molecule is O=C(NCCCSc1ccccc1)C1CC(=O)N(c2ccccc2F)C1. The maximum absolute atomic E-state index is 13.9. The van der Waals surface area contributed by atoms with Crippen LogP contribution in [0.4, 0.5) is 10.1 Å². The van der Waals surface area contributed by atoms with Gasteiger partial charge in [-0.15, -0.1) is 11.8 Å². The monoisotopic (exact) mass is 372 g/mol. The van der Waals surface area contributed by atoms with Gasteiger partial charge in [0.25, 0.3) is 0 Å². The Kier molecular flexibility index (Phi) is 6.28. The largest absolute Gasteiger partial charge is 0.356 e. The molecule has 1 fully saturated rings. The van der Waals surface area contributed by atoms with Crippen molar-refractivity contribution in [3.63, 3.8) is 0 Å². The minimum absolute atomic E-state index is 0.124. The van der Waals surface area contributed by atoms with Crippen LogP contribution in [0.15, 0.2) is 59.5 Å². The Morgan fingerprint density at radius 1 is 1.15 bits per heavy atom. The van der Waals surface area contributed by atoms with Crippen molar-refractivity contribution in [2.75, 3.05) is 23.7 Å². The summed E-state index contributed by atoms with van der Waals surface area (Å²) in [5, 5.41) is 2.89. The molecule has 0 bridgehead atoms. The van der Waals surface area contributed by atoms with Crippen LogP contribution in [0.1, 0.15) is 12.8 Å². The molecule has 1 heterocycles. The Morgan fingerprint density at radius 2 is 1.88 bits per heavy atom. The van der Waals surface area contributed by atoms with Gasteiger partial charge >= 0.3 is 0 Å². The van der Waals surface area contributed by atoms with Crippen molar-refractivity contribution in [2.45, 2.75) is 17.7 Å². The summed E-state index contributed by atoms with van der Waals surface area (Å²) in [5.74, 6) is -0.310. The Morgan fingerprint density at radius 3 is 2.65 bits per heavy atom. The highest BCUT2D eigenvalue weighted by atomic mass is 32.2. The molecule has 0 radical (unpaired) electrons. The van der Waals surface area contributed by atoms with Gasteiger partial charge in [-0.25, -0.2) is 4.39 Å². The van der Waals surface area contributed by atoms with Gasteiger partial charge in [-0.3, -0.25) is 9.59 Å². The van der Waals surface area contributed by atoms with Crippen LogP contribution in [-0.4, -0.2) is 30.7 Å². The number of hydrogen-bond acceptors (Lipinski definition) is 3. The molecule has 1 aliphatic rings. The number of para-hydroxylation sites is 1. The third-order valence-electron chi connectivity index (χ3n) is 4.27. The third kappa shape index (κ3) is 4.64. The maximum atomic E-state index is 13.9. The summed E-state index contributed by atoms with van der Waals surface area (Å²) in [6, 6.07) is 16.3. The molecule has 0 aromatic heterocycles. The number of nitrogens with zero attached hydrogens (tertiary/aromatic N) is 1. The number of anilines is 1. The quantitative estimate of drug-likeness (QED) is 0.598. The summed E-state index contributed by atoms with van der Waals surface area (Å²) in [6.45, 7) is 0.799. The molecule has 3 rings (SSSR count). The summed E-state index contributed by atoms with van der Waals surface area (Å²) in [5.41, 5.74) is 0.243. The lowest BCUT2D eigenvalue weighted by atomic mass is 10.1. The molecule has 2 amide bonds. The minimum atomic E-state index is -0.445. The fourth-order valence-electron chi connectivity index (χ4n) is 2.92. The number of hydrogen-bond donors (Lipinski definition) is 1. The van der Waals surface area contributed by atoms with E-state index in [0.29, 0.717) is 6.54 Å². The first-order valence-corrected chi connectivity index (χ1v) is 9.64. The zero-order valence-electron chi connectivity index (χ0n) is 14.4. The Labute approximate surface area is 156 Å². The van der Waals surface area contributed by atoms with Crippen LogP contribution in [0.25, 0.3) is 0 Å². The summed E-state index contributed by atoms with van der Waals surface area (Å²) in [7, 11) is 0. The fourth-order valence-corrected chi connectivity index (χ4v) is 3.80. The first kappa shape index (κ1) is 18.5. The molecule has 0 aliphatic carbocycles. The highest BCUT2D eigenvalue weighted by molar-refractivity contribution is 7.99. The Hall–Kier alpha value is -2.34. The summed E-state index contributed by atoms with van der Waals surface area (Å²) in [4.78, 5) is 27.0. The molecule has 1 atom stereocenters. The van der Waals surface area contributed by atoms with Gasteiger partial charge in [-0.05, 0) is 36.4 Å². The minimum Gasteiger partial charge on any atom is -0.356 e. The number of amides is 2. The average Bonchev–Trinajstić information content (AvgIpc) is 3.04. The average molecular weight is 372 g/mol. The van der Waals surface area contributed by atoms with Gasteiger partial charge in [0.1, 0.15) is 5.82 Å². The first-order chi connectivity index (χ1) is 12.6. The van der Waals surface area contributed by atoms with E-state index in [0.717, 1.165) is 12.2 Å². The van der Waals surface area contributed by atoms with Crippen molar-refractivity contribution < 1.29 is 14.0 Å². The van der Waals surface area contributed by atoms with Crippen molar-refractivity contribution >= 4 is 29.3 Å². The van der Waals surface area contributed by atoms with Crippen molar-refractivity contribution in [3.05, 3.63) is 60.4 Å². The number of carbonyl (C=O) groups is 2. The summed E-state index contributed by atoms with van der Waals surface area (Å²) in [6.07, 6.45) is 0.974. The molecule has 1 aliphatic heterocycles. The topological polar surface area (TPSA) is 49.4 Å². The molecule has 0 saturated carbocycles. The lowest BCUT2D eigenvalue weighted by Gasteiger charge is -2.17. The number of nitrogens with one attached hydrogen (secondary N) is 1. The number of thioether (sulfide) groups is 1. The van der Waals surface area contributed by atoms with Crippen molar-refractivity contribution in [2.24, 2.45) is 5.92 Å². The molecular weight excluding hydrogens is 351 g/mol. The van der Waals surface area contributed by atoms with Crippen LogP contribution in [0, 0.1) is 11.7 Å². The van der Waals surface area contributed by atoms with E-state index in [9.17, 15) is 14.0 Å². The van der Waals surface area contributed by atoms with Gasteiger partial charge in [0, 0.05) is 24.4 Å². The molecule has 1 N–H and O–H groups in total. The van der Waals surface area contributed by atoms with E-state index in [1.54, 1.807) is 30.0 Å². The van der Waals surface area contributed by atoms with Crippen LogP contribution in [0.2, 0.25) is 0 Å². The van der Waals surface area contributed by atoms with E-state index in [1.165, 1.54) is 15.9 Å². The van der Waals surface area contributed by atoms with E-state index in [2.05, 4.69) is 17.4 Å². The second kappa shape index (κ2) is 8.85. The van der Waals surface area contributed by atoms with Crippen LogP contribution in [0.5, 0.6) is 0 Å². The highest BCUT2D eigenvalue weighted by Crippen LogP contribution is 2.27. The normalized spacial score (nSPS) is 16.7. The highest BCUT2D eigenvalue weighted by Gasteiger charge is 2.35. The van der Waals surface area contributed by atoms with Crippen LogP contribution in [-0.2, 0) is 9.59 Å². The zero-order valence-corrected chi connectivity index (χ0v) is 15.2. The predicted molar refractivity (Wildman–Crippen MR) is 102 cm³/mol. The number of rotatable bonds is 7. The van der Waals surface area contributed by atoms with Crippen molar-refractivity contribution in [1.82, 2.24) is 5.32 Å². The van der Waals surface area contributed by atoms with E-state index < -0.39 is 11.7 Å². The summed E-state index contributed by atoms with van der Waals surface area (Å²) >= 11 is 1.75. The van der Waals surface area contributed by atoms with Gasteiger partial charge in [-0.1, -0.05) is 30.3 Å². The summed E-state index contributed by atoms with van der Waals surface area (Å²) < 4.78 is 13.9. The number of carbonyl (C=O) groups excluding carboxylic acids is 2. The molecule has 26 heavy (non-hydrogen) atoms. The predicted octanol–water partition coefficient (Wildman–Crippen LogP) is 3.48. The van der Waals surface area contributed by atoms with E-state index in [4.69, 9.17) is 0 Å². The zero-order chi connectivity index (χ0) is 18.4. The molecule has 136 valence electrons. The fraction of sp³-hybridized carbons (Fsp3) is 0.300.